The Hall–Kier alpha value is -4.18. The molecule has 320 valence electrons. The Bertz CT molecular complexity index is 2310. The smallest absolute Gasteiger partial charge is 0.305 e. The molecule has 2 heterocycles. The van der Waals surface area contributed by atoms with E-state index in [0.29, 0.717) is 42.3 Å². The maximum Gasteiger partial charge on any atom is 0.305 e. The summed E-state index contributed by atoms with van der Waals surface area (Å²) in [5.41, 5.74) is 1.97. The summed E-state index contributed by atoms with van der Waals surface area (Å²) in [4.78, 5) is 52.2. The number of halogens is 4. The molecule has 2 amide bonds. The maximum absolute atomic E-state index is 13.6. The number of carbonyl (C=O) groups excluding carboxylic acids is 2. The maximum atomic E-state index is 13.6. The largest absolute Gasteiger partial charge is 0.481 e. The third-order valence-electron chi connectivity index (χ3n) is 10.3. The Balaban J connectivity index is 0.000000228. The zero-order valence-corrected chi connectivity index (χ0v) is 37.3. The van der Waals surface area contributed by atoms with E-state index in [2.05, 4.69) is 0 Å². The summed E-state index contributed by atoms with van der Waals surface area (Å²) in [6.45, 7) is 7.08. The normalized spacial score (nSPS) is 23.6. The van der Waals surface area contributed by atoms with E-state index in [1.54, 1.807) is 125 Å². The molecule has 0 aromatic heterocycles. The number of amides is 2. The van der Waals surface area contributed by atoms with Gasteiger partial charge in [-0.25, -0.2) is 16.8 Å². The molecule has 0 bridgehead atoms. The van der Waals surface area contributed by atoms with Crippen LogP contribution in [-0.2, 0) is 38.9 Å². The molecule has 6 atom stereocenters. The first-order valence-corrected chi connectivity index (χ1v) is 23.4. The van der Waals surface area contributed by atoms with Crippen LogP contribution in [0.3, 0.4) is 0 Å². The molecule has 18 heteroatoms. The summed E-state index contributed by atoms with van der Waals surface area (Å²) < 4.78 is 54.4. The Morgan fingerprint density at radius 2 is 0.850 bits per heavy atom. The van der Waals surface area contributed by atoms with Crippen LogP contribution >= 0.6 is 46.4 Å². The van der Waals surface area contributed by atoms with Crippen LogP contribution in [0.15, 0.2) is 97.1 Å². The minimum atomic E-state index is -4.22. The lowest BCUT2D eigenvalue weighted by atomic mass is 9.94. The molecule has 2 aliphatic heterocycles. The van der Waals surface area contributed by atoms with Crippen LogP contribution in [0.2, 0.25) is 20.1 Å². The third kappa shape index (κ3) is 9.79. The van der Waals surface area contributed by atoms with Crippen molar-refractivity contribution >= 4 is 89.8 Å². The molecule has 4 aromatic carbocycles. The van der Waals surface area contributed by atoms with Gasteiger partial charge in [-0.05, 0) is 98.5 Å². The highest BCUT2D eigenvalue weighted by molar-refractivity contribution is 7.93. The molecule has 60 heavy (non-hydrogen) atoms. The topological polar surface area (TPSA) is 183 Å². The molecule has 12 nitrogen and oxygen atoms in total. The van der Waals surface area contributed by atoms with Crippen molar-refractivity contribution in [3.05, 3.63) is 139 Å². The van der Waals surface area contributed by atoms with Gasteiger partial charge in [-0.3, -0.25) is 19.2 Å². The number of hydrogen-bond acceptors (Lipinski definition) is 8. The van der Waals surface area contributed by atoms with E-state index in [1.165, 1.54) is 9.80 Å². The Morgan fingerprint density at radius 3 is 1.12 bits per heavy atom. The van der Waals surface area contributed by atoms with Crippen LogP contribution in [-0.4, -0.2) is 83.2 Å². The minimum Gasteiger partial charge on any atom is -0.481 e. The lowest BCUT2D eigenvalue weighted by molar-refractivity contribution is -0.143. The van der Waals surface area contributed by atoms with Gasteiger partial charge in [-0.1, -0.05) is 94.9 Å². The second-order valence-electron chi connectivity index (χ2n) is 15.0. The van der Waals surface area contributed by atoms with Gasteiger partial charge in [0.1, 0.15) is 10.5 Å². The molecule has 0 aliphatic carbocycles. The van der Waals surface area contributed by atoms with E-state index in [1.807, 2.05) is 0 Å². The highest BCUT2D eigenvalue weighted by atomic mass is 35.5. The van der Waals surface area contributed by atoms with Gasteiger partial charge in [0.15, 0.2) is 30.2 Å². The van der Waals surface area contributed by atoms with Crippen molar-refractivity contribution in [2.45, 2.75) is 85.7 Å². The second kappa shape index (κ2) is 18.8. The SMILES string of the molecule is CC(C)N1C(=O)[C@@H](CC(=O)O)S(=O)(=O)[C@@H](c2cccc(Cl)c2)[C@H]1c1ccc(Cl)cc1.CC(C)N1C(=O)[C@H](CC(=O)O)S(=O)(=O)[C@@H](c2cccc(Cl)c2)[C@H]1c1ccc(Cl)cc1. The Labute approximate surface area is 368 Å². The van der Waals surface area contributed by atoms with Gasteiger partial charge in [0, 0.05) is 32.2 Å². The summed E-state index contributed by atoms with van der Waals surface area (Å²) in [6.07, 6.45) is -1.59. The summed E-state index contributed by atoms with van der Waals surface area (Å²) in [5, 5.41) is 14.5. The summed E-state index contributed by atoms with van der Waals surface area (Å²) in [6, 6.07) is 23.6. The van der Waals surface area contributed by atoms with Crippen molar-refractivity contribution in [2.24, 2.45) is 0 Å². The predicted octanol–water partition coefficient (Wildman–Crippen LogP) is 8.57. The zero-order valence-electron chi connectivity index (χ0n) is 32.7. The molecule has 2 N–H and O–H groups in total. The summed E-state index contributed by atoms with van der Waals surface area (Å²) in [7, 11) is -8.43. The van der Waals surface area contributed by atoms with Gasteiger partial charge >= 0.3 is 11.9 Å². The molecule has 0 unspecified atom stereocenters. The monoisotopic (exact) mass is 938 g/mol. The number of sulfone groups is 2. The fraction of sp³-hybridized carbons (Fsp3) is 0.333. The van der Waals surface area contributed by atoms with E-state index >= 15 is 0 Å². The molecule has 0 saturated carbocycles. The van der Waals surface area contributed by atoms with E-state index < -0.39 is 89.4 Å². The van der Waals surface area contributed by atoms with Crippen molar-refractivity contribution < 1.29 is 46.2 Å². The molecular weight excluding hydrogens is 898 g/mol. The number of aliphatic carboxylic acids is 2. The number of carboxylic acids is 2. The molecule has 0 spiro atoms. The molecule has 2 fully saturated rings. The third-order valence-corrected chi connectivity index (χ3v) is 16.1. The Morgan fingerprint density at radius 1 is 0.533 bits per heavy atom. The molecule has 2 saturated heterocycles. The van der Waals surface area contributed by atoms with E-state index in [-0.39, 0.29) is 12.1 Å². The number of benzene rings is 4. The average Bonchev–Trinajstić information content (AvgIpc) is 3.15. The van der Waals surface area contributed by atoms with Gasteiger partial charge in [0.25, 0.3) is 0 Å². The van der Waals surface area contributed by atoms with Gasteiger partial charge in [-0.2, -0.15) is 0 Å². The van der Waals surface area contributed by atoms with Crippen molar-refractivity contribution in [3.8, 4) is 0 Å². The van der Waals surface area contributed by atoms with Gasteiger partial charge in [0.05, 0.1) is 24.9 Å². The first-order valence-electron chi connectivity index (χ1n) is 18.6. The Kier molecular flexibility index (Phi) is 14.7. The summed E-state index contributed by atoms with van der Waals surface area (Å²) >= 11 is 24.3. The van der Waals surface area contributed by atoms with Crippen molar-refractivity contribution in [2.75, 3.05) is 0 Å². The molecule has 4 aromatic rings. The zero-order chi connectivity index (χ0) is 44.4. The number of carbonyl (C=O) groups is 4. The fourth-order valence-corrected chi connectivity index (χ4v) is 13.1. The predicted molar refractivity (Wildman–Crippen MR) is 231 cm³/mol. The molecule has 0 radical (unpaired) electrons. The van der Waals surface area contributed by atoms with Crippen LogP contribution in [0.1, 0.15) is 85.4 Å². The van der Waals surface area contributed by atoms with Crippen LogP contribution in [0.4, 0.5) is 0 Å². The second-order valence-corrected chi connectivity index (χ2v) is 21.2. The highest BCUT2D eigenvalue weighted by Crippen LogP contribution is 2.49. The van der Waals surface area contributed by atoms with Crippen LogP contribution in [0.5, 0.6) is 0 Å². The molecule has 2 aliphatic rings. The molecule has 6 rings (SSSR count). The standard InChI is InChI=1S/2C21H21Cl2NO5S/c2*1-12(2)24-19(13-6-8-15(22)9-7-13)20(14-4-3-5-16(23)10-14)30(28,29)17(21(24)27)11-18(25)26/h2*3-10,12,17,19-20H,11H2,1-2H3,(H,25,26)/t17-,19+,20-;17-,19-,20+/m01/s1. The average molecular weight is 941 g/mol. The lowest BCUT2D eigenvalue weighted by Crippen LogP contribution is -2.57. The highest BCUT2D eigenvalue weighted by Gasteiger charge is 2.56. The number of hydrogen-bond donors (Lipinski definition) is 2. The van der Waals surface area contributed by atoms with Crippen molar-refractivity contribution in [1.82, 2.24) is 9.80 Å². The first-order chi connectivity index (χ1) is 28.1. The van der Waals surface area contributed by atoms with Crippen molar-refractivity contribution in [1.29, 1.82) is 0 Å². The van der Waals surface area contributed by atoms with Crippen LogP contribution < -0.4 is 0 Å². The van der Waals surface area contributed by atoms with Crippen molar-refractivity contribution in [3.63, 3.8) is 0 Å². The first kappa shape index (κ1) is 46.9. The summed E-state index contributed by atoms with van der Waals surface area (Å²) in [5.74, 6) is -4.14. The number of nitrogens with zero attached hydrogens (tertiary/aromatic N) is 2. The van der Waals surface area contributed by atoms with E-state index in [4.69, 9.17) is 46.4 Å². The van der Waals surface area contributed by atoms with Gasteiger partial charge in [-0.15, -0.1) is 0 Å². The quantitative estimate of drug-likeness (QED) is 0.156. The van der Waals surface area contributed by atoms with Gasteiger partial charge in [0.2, 0.25) is 11.8 Å². The fourth-order valence-electron chi connectivity index (χ4n) is 7.87. The number of carboxylic acid groups (broad SMARTS) is 2. The van der Waals surface area contributed by atoms with E-state index in [0.717, 1.165) is 0 Å². The van der Waals surface area contributed by atoms with Gasteiger partial charge < -0.3 is 20.0 Å². The van der Waals surface area contributed by atoms with Crippen LogP contribution in [0, 0.1) is 0 Å². The van der Waals surface area contributed by atoms with E-state index in [9.17, 15) is 46.2 Å². The minimum absolute atomic E-state index is 0.348. The molecular formula is C42H42Cl4N2O10S2. The lowest BCUT2D eigenvalue weighted by Gasteiger charge is -2.46. The number of rotatable bonds is 10. The van der Waals surface area contributed by atoms with Crippen LogP contribution in [0.25, 0.3) is 0 Å².